The molecule has 4 nitrogen and oxygen atoms in total. The van der Waals surface area contributed by atoms with Crippen LogP contribution in [0.4, 0.5) is 0 Å². The van der Waals surface area contributed by atoms with Crippen LogP contribution in [0.25, 0.3) is 0 Å². The summed E-state index contributed by atoms with van der Waals surface area (Å²) < 4.78 is 7.22. The highest BCUT2D eigenvalue weighted by molar-refractivity contribution is 5.28. The number of hydrogen-bond donors (Lipinski definition) is 1. The van der Waals surface area contributed by atoms with E-state index in [1.165, 1.54) is 11.3 Å². The van der Waals surface area contributed by atoms with Gasteiger partial charge in [-0.2, -0.15) is 5.10 Å². The third-order valence-corrected chi connectivity index (χ3v) is 3.49. The van der Waals surface area contributed by atoms with Crippen molar-refractivity contribution in [3.63, 3.8) is 0 Å². The van der Waals surface area contributed by atoms with E-state index in [4.69, 9.17) is 4.74 Å². The molecule has 2 rings (SSSR count). The molecule has 2 aromatic rings. The first-order valence-electron chi connectivity index (χ1n) is 7.04. The lowest BCUT2D eigenvalue weighted by atomic mass is 10.1. The molecule has 20 heavy (non-hydrogen) atoms. The summed E-state index contributed by atoms with van der Waals surface area (Å²) in [4.78, 5) is 0. The number of aryl methyl sites for hydroxylation is 2. The van der Waals surface area contributed by atoms with Gasteiger partial charge in [0, 0.05) is 19.1 Å². The maximum Gasteiger partial charge on any atom is 0.118 e. The first-order valence-corrected chi connectivity index (χ1v) is 7.04. The van der Waals surface area contributed by atoms with Crippen molar-refractivity contribution in [3.05, 3.63) is 47.3 Å². The van der Waals surface area contributed by atoms with Crippen molar-refractivity contribution in [2.24, 2.45) is 0 Å². The molecular formula is C16H23N3O. The molecule has 0 fully saturated rings. The van der Waals surface area contributed by atoms with Gasteiger partial charge in [-0.3, -0.25) is 4.68 Å². The molecule has 0 amide bonds. The molecule has 0 radical (unpaired) electrons. The number of ether oxygens (including phenoxy) is 1. The quantitative estimate of drug-likeness (QED) is 0.879. The summed E-state index contributed by atoms with van der Waals surface area (Å²) in [5.74, 6) is 0.889. The molecule has 0 bridgehead atoms. The summed E-state index contributed by atoms with van der Waals surface area (Å²) in [6.45, 7) is 8.04. The summed E-state index contributed by atoms with van der Waals surface area (Å²) in [5.41, 5.74) is 3.55. The molecule has 4 heteroatoms. The molecule has 1 atom stereocenters. The van der Waals surface area contributed by atoms with E-state index in [2.05, 4.69) is 42.5 Å². The summed E-state index contributed by atoms with van der Waals surface area (Å²) in [5, 5.41) is 8.00. The molecule has 0 aliphatic rings. The molecule has 108 valence electrons. The summed E-state index contributed by atoms with van der Waals surface area (Å²) in [7, 11) is 1.69. The Morgan fingerprint density at radius 1 is 1.30 bits per heavy atom. The highest BCUT2D eigenvalue weighted by atomic mass is 16.5. The van der Waals surface area contributed by atoms with E-state index in [9.17, 15) is 0 Å². The van der Waals surface area contributed by atoms with Crippen LogP contribution < -0.4 is 10.1 Å². The van der Waals surface area contributed by atoms with Gasteiger partial charge in [0.25, 0.3) is 0 Å². The molecular weight excluding hydrogens is 250 g/mol. The van der Waals surface area contributed by atoms with Gasteiger partial charge in [-0.1, -0.05) is 12.1 Å². The molecule has 1 N–H and O–H groups in total. The maximum absolute atomic E-state index is 5.18. The van der Waals surface area contributed by atoms with E-state index >= 15 is 0 Å². The summed E-state index contributed by atoms with van der Waals surface area (Å²) in [6.07, 6.45) is 0. The number of hydrogen-bond acceptors (Lipinski definition) is 3. The zero-order valence-corrected chi connectivity index (χ0v) is 12.7. The van der Waals surface area contributed by atoms with Crippen molar-refractivity contribution >= 4 is 0 Å². The third-order valence-electron chi connectivity index (χ3n) is 3.49. The van der Waals surface area contributed by atoms with Crippen molar-refractivity contribution in [3.8, 4) is 5.75 Å². The molecule has 0 unspecified atom stereocenters. The molecule has 0 aliphatic carbocycles. The fraction of sp³-hybridized carbons (Fsp3) is 0.438. The fourth-order valence-corrected chi connectivity index (χ4v) is 2.28. The standard InChI is InChI=1S/C16H23N3O/c1-5-19-15(10-12(2)18-19)11-17-13(3)14-6-8-16(20-4)9-7-14/h6-10,13,17H,5,11H2,1-4H3/t13-/m1/s1. The summed E-state index contributed by atoms with van der Waals surface area (Å²) >= 11 is 0. The van der Waals surface area contributed by atoms with Gasteiger partial charge in [0.15, 0.2) is 0 Å². The number of rotatable bonds is 6. The molecule has 1 aromatic carbocycles. The van der Waals surface area contributed by atoms with Gasteiger partial charge < -0.3 is 10.1 Å². The van der Waals surface area contributed by atoms with Gasteiger partial charge in [-0.25, -0.2) is 0 Å². The van der Waals surface area contributed by atoms with Gasteiger partial charge >= 0.3 is 0 Å². The average molecular weight is 273 g/mol. The highest BCUT2D eigenvalue weighted by Gasteiger charge is 2.08. The van der Waals surface area contributed by atoms with E-state index in [0.29, 0.717) is 6.04 Å². The fourth-order valence-electron chi connectivity index (χ4n) is 2.28. The minimum atomic E-state index is 0.293. The van der Waals surface area contributed by atoms with Crippen LogP contribution in [0.5, 0.6) is 5.75 Å². The maximum atomic E-state index is 5.18. The van der Waals surface area contributed by atoms with E-state index in [1.54, 1.807) is 7.11 Å². The third kappa shape index (κ3) is 3.39. The van der Waals surface area contributed by atoms with Crippen molar-refractivity contribution < 1.29 is 4.74 Å². The molecule has 0 spiro atoms. The second kappa shape index (κ2) is 6.57. The van der Waals surface area contributed by atoms with E-state index in [0.717, 1.165) is 24.5 Å². The Labute approximate surface area is 120 Å². The Hall–Kier alpha value is -1.81. The average Bonchev–Trinajstić information content (AvgIpc) is 2.85. The summed E-state index contributed by atoms with van der Waals surface area (Å²) in [6, 6.07) is 10.6. The Balaban J connectivity index is 1.98. The zero-order valence-electron chi connectivity index (χ0n) is 12.7. The minimum Gasteiger partial charge on any atom is -0.497 e. The number of methoxy groups -OCH3 is 1. The Bertz CT molecular complexity index is 545. The largest absolute Gasteiger partial charge is 0.497 e. The highest BCUT2D eigenvalue weighted by Crippen LogP contribution is 2.17. The monoisotopic (exact) mass is 273 g/mol. The zero-order chi connectivity index (χ0) is 14.5. The van der Waals surface area contributed by atoms with E-state index in [-0.39, 0.29) is 0 Å². The Kier molecular flexibility index (Phi) is 4.79. The van der Waals surface area contributed by atoms with Crippen LogP contribution in [0, 0.1) is 6.92 Å². The first kappa shape index (κ1) is 14.6. The van der Waals surface area contributed by atoms with Crippen LogP contribution in [0.15, 0.2) is 30.3 Å². The number of nitrogens with zero attached hydrogens (tertiary/aromatic N) is 2. The second-order valence-electron chi connectivity index (χ2n) is 4.97. The predicted octanol–water partition coefficient (Wildman–Crippen LogP) is 3.07. The van der Waals surface area contributed by atoms with Gasteiger partial charge in [0.05, 0.1) is 18.5 Å². The van der Waals surface area contributed by atoms with Gasteiger partial charge in [0.1, 0.15) is 5.75 Å². The van der Waals surface area contributed by atoms with Crippen molar-refractivity contribution in [2.75, 3.05) is 7.11 Å². The lowest BCUT2D eigenvalue weighted by Crippen LogP contribution is -2.20. The number of aromatic nitrogens is 2. The van der Waals surface area contributed by atoms with Gasteiger partial charge in [0.2, 0.25) is 0 Å². The van der Waals surface area contributed by atoms with E-state index in [1.807, 2.05) is 23.7 Å². The van der Waals surface area contributed by atoms with Crippen LogP contribution >= 0.6 is 0 Å². The van der Waals surface area contributed by atoms with Crippen molar-refractivity contribution in [2.45, 2.75) is 39.9 Å². The molecule has 1 heterocycles. The lowest BCUT2D eigenvalue weighted by molar-refractivity contribution is 0.414. The van der Waals surface area contributed by atoms with Crippen molar-refractivity contribution in [1.29, 1.82) is 0 Å². The lowest BCUT2D eigenvalue weighted by Gasteiger charge is -2.15. The van der Waals surface area contributed by atoms with E-state index < -0.39 is 0 Å². The van der Waals surface area contributed by atoms with Crippen molar-refractivity contribution in [1.82, 2.24) is 15.1 Å². The normalized spacial score (nSPS) is 12.4. The van der Waals surface area contributed by atoms with Crippen LogP contribution in [-0.2, 0) is 13.1 Å². The molecule has 0 saturated carbocycles. The smallest absolute Gasteiger partial charge is 0.118 e. The number of nitrogens with one attached hydrogen (secondary N) is 1. The Morgan fingerprint density at radius 2 is 2.00 bits per heavy atom. The topological polar surface area (TPSA) is 39.1 Å². The first-order chi connectivity index (χ1) is 9.63. The number of benzene rings is 1. The van der Waals surface area contributed by atoms with Crippen LogP contribution in [0.2, 0.25) is 0 Å². The van der Waals surface area contributed by atoms with Gasteiger partial charge in [-0.15, -0.1) is 0 Å². The van der Waals surface area contributed by atoms with Crippen LogP contribution in [0.3, 0.4) is 0 Å². The van der Waals surface area contributed by atoms with Crippen LogP contribution in [-0.4, -0.2) is 16.9 Å². The second-order valence-corrected chi connectivity index (χ2v) is 4.97. The SMILES string of the molecule is CCn1nc(C)cc1CN[C@H](C)c1ccc(OC)cc1. The van der Waals surface area contributed by atoms with Crippen LogP contribution in [0.1, 0.15) is 36.8 Å². The molecule has 1 aromatic heterocycles. The minimum absolute atomic E-state index is 0.293. The molecule has 0 aliphatic heterocycles. The predicted molar refractivity (Wildman–Crippen MR) is 80.9 cm³/mol. The van der Waals surface area contributed by atoms with Gasteiger partial charge in [-0.05, 0) is 44.5 Å². The molecule has 0 saturated heterocycles. The Morgan fingerprint density at radius 3 is 2.60 bits per heavy atom.